The van der Waals surface area contributed by atoms with Gasteiger partial charge in [-0.05, 0) is 22.9 Å². The van der Waals surface area contributed by atoms with E-state index in [1.807, 2.05) is 36.4 Å². The molecule has 2 aromatic carbocycles. The van der Waals surface area contributed by atoms with Crippen molar-refractivity contribution in [2.24, 2.45) is 12.2 Å². The minimum absolute atomic E-state index is 0. The highest BCUT2D eigenvalue weighted by atomic mass is 35.5. The van der Waals surface area contributed by atoms with Crippen molar-refractivity contribution >= 4 is 23.0 Å². The van der Waals surface area contributed by atoms with Gasteiger partial charge in [0.1, 0.15) is 12.4 Å². The van der Waals surface area contributed by atoms with Crippen LogP contribution in [0.5, 0.6) is 0 Å². The standard InChI is InChI=1S/C17H15N3O3.ClH/c1-19-8-9-20(16(19)11-18-22)12-23-17(21)15-7-6-13-4-2-3-5-14(13)10-15;/h2-11H,12H2,1H3;1H. The van der Waals surface area contributed by atoms with Crippen LogP contribution in [0.3, 0.4) is 0 Å². The maximum Gasteiger partial charge on any atom is 0.341 e. The van der Waals surface area contributed by atoms with E-state index in [1.54, 1.807) is 34.6 Å². The number of benzene rings is 2. The average molecular weight is 346 g/mol. The zero-order chi connectivity index (χ0) is 16.2. The molecule has 0 fully saturated rings. The van der Waals surface area contributed by atoms with E-state index >= 15 is 0 Å². The third-order valence-corrected chi connectivity index (χ3v) is 3.62. The highest BCUT2D eigenvalue weighted by Crippen LogP contribution is 2.16. The molecule has 3 aromatic rings. The number of oxime groups is 1. The van der Waals surface area contributed by atoms with Crippen LogP contribution in [0.4, 0.5) is 0 Å². The number of halogens is 1. The van der Waals surface area contributed by atoms with Gasteiger partial charge in [0.25, 0.3) is 0 Å². The fourth-order valence-corrected chi connectivity index (χ4v) is 2.39. The molecule has 0 aliphatic rings. The number of carbonyl (C=O) groups excluding carboxylic acids is 1. The van der Waals surface area contributed by atoms with E-state index in [1.165, 1.54) is 6.21 Å². The molecule has 1 N–H and O–H groups in total. The van der Waals surface area contributed by atoms with Crippen LogP contribution in [0.1, 0.15) is 16.2 Å². The number of fused-ring (bicyclic) bond motifs is 1. The normalized spacial score (nSPS) is 10.7. The van der Waals surface area contributed by atoms with Crippen LogP contribution in [-0.4, -0.2) is 22.0 Å². The molecular formula is C17H16ClN3O3. The smallest absolute Gasteiger partial charge is 0.341 e. The predicted octanol–water partition coefficient (Wildman–Crippen LogP) is -0.908. The summed E-state index contributed by atoms with van der Waals surface area (Å²) in [4.78, 5) is 12.2. The first-order valence-electron chi connectivity index (χ1n) is 7.07. The number of aryl methyl sites for hydroxylation is 1. The van der Waals surface area contributed by atoms with Gasteiger partial charge in [-0.15, -0.1) is 0 Å². The molecular weight excluding hydrogens is 330 g/mol. The molecule has 0 saturated carbocycles. The van der Waals surface area contributed by atoms with E-state index in [2.05, 4.69) is 5.16 Å². The minimum Gasteiger partial charge on any atom is -1.00 e. The van der Waals surface area contributed by atoms with Gasteiger partial charge >= 0.3 is 11.8 Å². The summed E-state index contributed by atoms with van der Waals surface area (Å²) in [5.41, 5.74) is 0.498. The summed E-state index contributed by atoms with van der Waals surface area (Å²) in [6.07, 6.45) is 4.80. The number of rotatable bonds is 4. The summed E-state index contributed by atoms with van der Waals surface area (Å²) >= 11 is 0. The number of hydrogen-bond acceptors (Lipinski definition) is 4. The number of ether oxygens (including phenoxy) is 1. The lowest BCUT2D eigenvalue weighted by Crippen LogP contribution is -3.00. The van der Waals surface area contributed by atoms with E-state index in [0.717, 1.165) is 10.8 Å². The van der Waals surface area contributed by atoms with Crippen molar-refractivity contribution in [3.05, 3.63) is 66.2 Å². The van der Waals surface area contributed by atoms with Crippen LogP contribution >= 0.6 is 0 Å². The molecule has 3 rings (SSSR count). The first-order chi connectivity index (χ1) is 11.2. The van der Waals surface area contributed by atoms with Crippen molar-refractivity contribution in [3.8, 4) is 0 Å². The van der Waals surface area contributed by atoms with Crippen LogP contribution in [0.15, 0.2) is 60.0 Å². The topological polar surface area (TPSA) is 67.7 Å². The Kier molecular flexibility index (Phi) is 5.55. The first kappa shape index (κ1) is 17.5. The second-order valence-corrected chi connectivity index (χ2v) is 5.10. The van der Waals surface area contributed by atoms with Gasteiger partial charge in [0.05, 0.1) is 12.6 Å². The summed E-state index contributed by atoms with van der Waals surface area (Å²) < 4.78 is 8.75. The molecule has 0 bridgehead atoms. The Morgan fingerprint density at radius 1 is 1.29 bits per heavy atom. The van der Waals surface area contributed by atoms with Gasteiger partial charge in [0.2, 0.25) is 6.73 Å². The van der Waals surface area contributed by atoms with Crippen molar-refractivity contribution in [1.29, 1.82) is 0 Å². The van der Waals surface area contributed by atoms with Crippen LogP contribution < -0.4 is 17.0 Å². The number of aromatic nitrogens is 2. The van der Waals surface area contributed by atoms with Crippen molar-refractivity contribution in [3.63, 3.8) is 0 Å². The maximum atomic E-state index is 12.2. The van der Waals surface area contributed by atoms with Crippen LogP contribution in [-0.2, 0) is 18.5 Å². The fourth-order valence-electron chi connectivity index (χ4n) is 2.39. The van der Waals surface area contributed by atoms with E-state index in [0.29, 0.717) is 11.4 Å². The Morgan fingerprint density at radius 2 is 2.04 bits per heavy atom. The summed E-state index contributed by atoms with van der Waals surface area (Å²) in [6.45, 7) is 0.0356. The number of carbonyl (C=O) groups is 1. The average Bonchev–Trinajstić information content (AvgIpc) is 2.93. The Labute approximate surface area is 145 Å². The van der Waals surface area contributed by atoms with Crippen LogP contribution in [0, 0.1) is 0 Å². The Morgan fingerprint density at radius 3 is 2.79 bits per heavy atom. The maximum absolute atomic E-state index is 12.2. The molecule has 1 heterocycles. The number of esters is 1. The predicted molar refractivity (Wildman–Crippen MR) is 84.4 cm³/mol. The quantitative estimate of drug-likeness (QED) is 0.219. The van der Waals surface area contributed by atoms with Crippen molar-refractivity contribution in [2.45, 2.75) is 6.73 Å². The molecule has 0 amide bonds. The summed E-state index contributed by atoms with van der Waals surface area (Å²) in [5, 5.41) is 13.8. The van der Waals surface area contributed by atoms with Gasteiger partial charge in [0.15, 0.2) is 6.21 Å². The zero-order valence-corrected chi connectivity index (χ0v) is 13.7. The lowest BCUT2D eigenvalue weighted by Gasteiger charge is -2.05. The van der Waals surface area contributed by atoms with Gasteiger partial charge in [-0.2, -0.15) is 4.57 Å². The fraction of sp³-hybridized carbons (Fsp3) is 0.118. The molecule has 24 heavy (non-hydrogen) atoms. The molecule has 0 atom stereocenters. The Balaban J connectivity index is 0.00000208. The SMILES string of the molecule is C[n+]1ccn(COC(=O)c2ccc3ccccc3c2)c1/C=N/O.[Cl-]. The molecule has 1 aromatic heterocycles. The highest BCUT2D eigenvalue weighted by Gasteiger charge is 2.15. The molecule has 0 spiro atoms. The van der Waals surface area contributed by atoms with E-state index < -0.39 is 5.97 Å². The summed E-state index contributed by atoms with van der Waals surface area (Å²) in [6, 6.07) is 13.3. The second-order valence-electron chi connectivity index (χ2n) is 5.10. The summed E-state index contributed by atoms with van der Waals surface area (Å²) in [5.74, 6) is 0.206. The molecule has 0 unspecified atom stereocenters. The van der Waals surface area contributed by atoms with E-state index in [-0.39, 0.29) is 19.1 Å². The highest BCUT2D eigenvalue weighted by molar-refractivity contribution is 5.95. The summed E-state index contributed by atoms with van der Waals surface area (Å²) in [7, 11) is 1.80. The zero-order valence-electron chi connectivity index (χ0n) is 13.0. The van der Waals surface area contributed by atoms with Gasteiger partial charge < -0.3 is 22.4 Å². The largest absolute Gasteiger partial charge is 1.00 e. The van der Waals surface area contributed by atoms with Crippen LogP contribution in [0.2, 0.25) is 0 Å². The minimum atomic E-state index is -0.404. The third-order valence-electron chi connectivity index (χ3n) is 3.62. The lowest BCUT2D eigenvalue weighted by molar-refractivity contribution is -0.672. The first-order valence-corrected chi connectivity index (χ1v) is 7.07. The lowest BCUT2D eigenvalue weighted by atomic mass is 10.1. The van der Waals surface area contributed by atoms with Crippen molar-refractivity contribution in [1.82, 2.24) is 4.57 Å². The van der Waals surface area contributed by atoms with E-state index in [9.17, 15) is 4.79 Å². The van der Waals surface area contributed by atoms with Gasteiger partial charge in [-0.1, -0.05) is 35.5 Å². The van der Waals surface area contributed by atoms with Crippen LogP contribution in [0.25, 0.3) is 10.8 Å². The molecule has 0 aliphatic heterocycles. The Bertz CT molecular complexity index is 890. The van der Waals surface area contributed by atoms with Crippen molar-refractivity contribution in [2.75, 3.05) is 0 Å². The van der Waals surface area contributed by atoms with Gasteiger partial charge in [-0.25, -0.2) is 9.36 Å². The monoisotopic (exact) mass is 345 g/mol. The molecule has 7 heteroatoms. The number of imidazole rings is 1. The number of nitrogens with zero attached hydrogens (tertiary/aromatic N) is 3. The molecule has 0 aliphatic carbocycles. The van der Waals surface area contributed by atoms with Crippen molar-refractivity contribution < 1.29 is 31.7 Å². The molecule has 6 nitrogen and oxygen atoms in total. The molecule has 0 saturated heterocycles. The van der Waals surface area contributed by atoms with Gasteiger partial charge in [0, 0.05) is 0 Å². The molecule has 124 valence electrons. The van der Waals surface area contributed by atoms with Gasteiger partial charge in [-0.3, -0.25) is 0 Å². The molecule has 0 radical (unpaired) electrons. The number of hydrogen-bond donors (Lipinski definition) is 1. The third kappa shape index (κ3) is 3.55. The van der Waals surface area contributed by atoms with E-state index in [4.69, 9.17) is 9.94 Å². The Hall–Kier alpha value is -2.86. The second kappa shape index (κ2) is 7.61.